The molecule has 2 nitrogen and oxygen atoms in total. The van der Waals surface area contributed by atoms with Crippen molar-refractivity contribution in [2.24, 2.45) is 0 Å². The number of hydrogen-bond donors (Lipinski definition) is 1. The zero-order chi connectivity index (χ0) is 12.3. The Hall–Kier alpha value is -1.96. The molecule has 2 heteroatoms. The third kappa shape index (κ3) is 1.29. The van der Waals surface area contributed by atoms with Crippen molar-refractivity contribution in [2.45, 2.75) is 25.8 Å². The Bertz CT molecular complexity index is 704. The van der Waals surface area contributed by atoms with Crippen molar-refractivity contribution < 1.29 is 0 Å². The van der Waals surface area contributed by atoms with Gasteiger partial charge in [0.05, 0.1) is 0 Å². The van der Waals surface area contributed by atoms with Crippen molar-refractivity contribution in [3.63, 3.8) is 0 Å². The highest BCUT2D eigenvalue weighted by molar-refractivity contribution is 6.09. The standard InChI is InChI=1S/C16H16N2/c1-10-2-6-15-13(8-10)14-9-11(17)3-7-16(14)18(15)12-4-5-12/h2-3,6-9,12H,4-5,17H2,1H3. The van der Waals surface area contributed by atoms with Gasteiger partial charge in [-0.1, -0.05) is 11.6 Å². The van der Waals surface area contributed by atoms with Gasteiger partial charge < -0.3 is 10.3 Å². The van der Waals surface area contributed by atoms with Crippen molar-refractivity contribution in [3.05, 3.63) is 42.0 Å². The first-order valence-corrected chi connectivity index (χ1v) is 6.54. The molecule has 0 unspecified atom stereocenters. The number of anilines is 1. The smallest absolute Gasteiger partial charge is 0.0495 e. The predicted molar refractivity (Wildman–Crippen MR) is 76.9 cm³/mol. The Kier molecular flexibility index (Phi) is 1.83. The molecule has 1 aliphatic rings. The van der Waals surface area contributed by atoms with Crippen LogP contribution in [0.4, 0.5) is 5.69 Å². The van der Waals surface area contributed by atoms with E-state index in [-0.39, 0.29) is 0 Å². The third-order valence-corrected chi connectivity index (χ3v) is 3.89. The van der Waals surface area contributed by atoms with Gasteiger partial charge in [-0.15, -0.1) is 0 Å². The maximum absolute atomic E-state index is 5.94. The van der Waals surface area contributed by atoms with Crippen LogP contribution in [0.1, 0.15) is 24.4 Å². The summed E-state index contributed by atoms with van der Waals surface area (Å²) in [5, 5.41) is 2.63. The molecule has 0 bridgehead atoms. The number of nitrogens with two attached hydrogens (primary N) is 1. The van der Waals surface area contributed by atoms with E-state index >= 15 is 0 Å². The lowest BCUT2D eigenvalue weighted by Gasteiger charge is -2.04. The molecule has 0 spiro atoms. The van der Waals surface area contributed by atoms with Crippen molar-refractivity contribution in [3.8, 4) is 0 Å². The summed E-state index contributed by atoms with van der Waals surface area (Å²) < 4.78 is 2.49. The van der Waals surface area contributed by atoms with Gasteiger partial charge in [-0.25, -0.2) is 0 Å². The quantitative estimate of drug-likeness (QED) is 0.636. The van der Waals surface area contributed by atoms with Gasteiger partial charge in [0.1, 0.15) is 0 Å². The van der Waals surface area contributed by atoms with Crippen LogP contribution >= 0.6 is 0 Å². The normalized spacial score (nSPS) is 15.6. The topological polar surface area (TPSA) is 30.9 Å². The van der Waals surface area contributed by atoms with Crippen molar-refractivity contribution in [2.75, 3.05) is 5.73 Å². The molecular formula is C16H16N2. The van der Waals surface area contributed by atoms with Crippen LogP contribution in [0, 0.1) is 6.92 Å². The van der Waals surface area contributed by atoms with Crippen LogP contribution in [0.2, 0.25) is 0 Å². The molecular weight excluding hydrogens is 220 g/mol. The minimum atomic E-state index is 0.691. The van der Waals surface area contributed by atoms with Crippen LogP contribution < -0.4 is 5.73 Å². The Morgan fingerprint density at radius 1 is 1.00 bits per heavy atom. The molecule has 1 aliphatic carbocycles. The van der Waals surface area contributed by atoms with Gasteiger partial charge in [-0.05, 0) is 50.1 Å². The van der Waals surface area contributed by atoms with E-state index in [1.54, 1.807) is 0 Å². The summed E-state index contributed by atoms with van der Waals surface area (Å²) in [7, 11) is 0. The van der Waals surface area contributed by atoms with E-state index < -0.39 is 0 Å². The van der Waals surface area contributed by atoms with Crippen LogP contribution in [0.5, 0.6) is 0 Å². The summed E-state index contributed by atoms with van der Waals surface area (Å²) in [6.07, 6.45) is 2.61. The van der Waals surface area contributed by atoms with Gasteiger partial charge in [0.2, 0.25) is 0 Å². The van der Waals surface area contributed by atoms with Gasteiger partial charge in [-0.3, -0.25) is 0 Å². The number of rotatable bonds is 1. The Balaban J connectivity index is 2.23. The second-order valence-corrected chi connectivity index (χ2v) is 5.40. The number of fused-ring (bicyclic) bond motifs is 3. The van der Waals surface area contributed by atoms with E-state index in [0.717, 1.165) is 5.69 Å². The second-order valence-electron chi connectivity index (χ2n) is 5.40. The Morgan fingerprint density at radius 3 is 2.39 bits per heavy atom. The maximum atomic E-state index is 5.94. The fourth-order valence-corrected chi connectivity index (χ4v) is 2.91. The van der Waals surface area contributed by atoms with E-state index in [1.165, 1.54) is 40.2 Å². The lowest BCUT2D eigenvalue weighted by Crippen LogP contribution is -1.93. The van der Waals surface area contributed by atoms with Gasteiger partial charge in [0.15, 0.2) is 0 Å². The molecule has 18 heavy (non-hydrogen) atoms. The summed E-state index contributed by atoms with van der Waals surface area (Å²) in [6.45, 7) is 2.14. The Labute approximate surface area is 106 Å². The summed E-state index contributed by atoms with van der Waals surface area (Å²) in [5.41, 5.74) is 10.8. The maximum Gasteiger partial charge on any atom is 0.0495 e. The first-order chi connectivity index (χ1) is 8.74. The molecule has 0 aliphatic heterocycles. The highest BCUT2D eigenvalue weighted by Crippen LogP contribution is 2.42. The van der Waals surface area contributed by atoms with Gasteiger partial charge in [0, 0.05) is 33.5 Å². The molecule has 0 radical (unpaired) electrons. The van der Waals surface area contributed by atoms with Crippen molar-refractivity contribution >= 4 is 27.5 Å². The number of hydrogen-bond acceptors (Lipinski definition) is 1. The molecule has 0 amide bonds. The van der Waals surface area contributed by atoms with Crippen LogP contribution in [-0.2, 0) is 0 Å². The second kappa shape index (κ2) is 3.29. The average molecular weight is 236 g/mol. The molecule has 1 saturated carbocycles. The molecule has 1 fully saturated rings. The summed E-state index contributed by atoms with van der Waals surface area (Å²) in [6, 6.07) is 13.7. The zero-order valence-electron chi connectivity index (χ0n) is 10.5. The number of aryl methyl sites for hydroxylation is 1. The number of nitrogens with zero attached hydrogens (tertiary/aromatic N) is 1. The molecule has 0 atom stereocenters. The molecule has 1 heterocycles. The molecule has 3 aromatic rings. The lowest BCUT2D eigenvalue weighted by atomic mass is 10.1. The number of aromatic nitrogens is 1. The van der Waals surface area contributed by atoms with E-state index in [9.17, 15) is 0 Å². The highest BCUT2D eigenvalue weighted by atomic mass is 15.0. The van der Waals surface area contributed by atoms with E-state index in [4.69, 9.17) is 5.73 Å². The fourth-order valence-electron chi connectivity index (χ4n) is 2.91. The molecule has 0 saturated heterocycles. The fraction of sp³-hybridized carbons (Fsp3) is 0.250. The minimum Gasteiger partial charge on any atom is -0.399 e. The monoisotopic (exact) mass is 236 g/mol. The summed E-state index contributed by atoms with van der Waals surface area (Å²) >= 11 is 0. The predicted octanol–water partition coefficient (Wildman–Crippen LogP) is 4.02. The van der Waals surface area contributed by atoms with Crippen LogP contribution in [0.25, 0.3) is 21.8 Å². The highest BCUT2D eigenvalue weighted by Gasteiger charge is 2.27. The van der Waals surface area contributed by atoms with E-state index in [2.05, 4.69) is 41.8 Å². The molecule has 90 valence electrons. The first kappa shape index (κ1) is 10.0. The van der Waals surface area contributed by atoms with Crippen LogP contribution in [0.3, 0.4) is 0 Å². The minimum absolute atomic E-state index is 0.691. The molecule has 1 aromatic heterocycles. The lowest BCUT2D eigenvalue weighted by molar-refractivity contribution is 0.805. The largest absolute Gasteiger partial charge is 0.399 e. The SMILES string of the molecule is Cc1ccc2c(c1)c1cc(N)ccc1n2C1CC1. The van der Waals surface area contributed by atoms with Gasteiger partial charge >= 0.3 is 0 Å². The average Bonchev–Trinajstić information content (AvgIpc) is 3.13. The number of nitrogen functional groups attached to an aromatic ring is 1. The molecule has 2 aromatic carbocycles. The number of benzene rings is 2. The van der Waals surface area contributed by atoms with E-state index in [0.29, 0.717) is 6.04 Å². The first-order valence-electron chi connectivity index (χ1n) is 6.54. The van der Waals surface area contributed by atoms with Crippen molar-refractivity contribution in [1.82, 2.24) is 4.57 Å². The van der Waals surface area contributed by atoms with Crippen LogP contribution in [0.15, 0.2) is 36.4 Å². The molecule has 4 rings (SSSR count). The van der Waals surface area contributed by atoms with Gasteiger partial charge in [0.25, 0.3) is 0 Å². The van der Waals surface area contributed by atoms with Crippen LogP contribution in [-0.4, -0.2) is 4.57 Å². The summed E-state index contributed by atoms with van der Waals surface area (Å²) in [5.74, 6) is 0. The summed E-state index contributed by atoms with van der Waals surface area (Å²) in [4.78, 5) is 0. The third-order valence-electron chi connectivity index (χ3n) is 3.89. The van der Waals surface area contributed by atoms with Crippen molar-refractivity contribution in [1.29, 1.82) is 0 Å². The zero-order valence-corrected chi connectivity index (χ0v) is 10.5. The van der Waals surface area contributed by atoms with Gasteiger partial charge in [-0.2, -0.15) is 0 Å². The Morgan fingerprint density at radius 2 is 1.67 bits per heavy atom. The van der Waals surface area contributed by atoms with E-state index in [1.807, 2.05) is 6.07 Å². The molecule has 2 N–H and O–H groups in total.